The summed E-state index contributed by atoms with van der Waals surface area (Å²) in [5, 5.41) is 5.53. The van der Waals surface area contributed by atoms with Gasteiger partial charge in [-0.05, 0) is 48.2 Å². The summed E-state index contributed by atoms with van der Waals surface area (Å²) in [6.45, 7) is 3.90. The zero-order chi connectivity index (χ0) is 19.2. The summed E-state index contributed by atoms with van der Waals surface area (Å²) >= 11 is 0. The smallest absolute Gasteiger partial charge is 0.313 e. The first-order chi connectivity index (χ1) is 13.0. The number of aryl methyl sites for hydroxylation is 2. The van der Waals surface area contributed by atoms with Crippen molar-refractivity contribution in [3.8, 4) is 0 Å². The van der Waals surface area contributed by atoms with Gasteiger partial charge in [0.15, 0.2) is 0 Å². The molecule has 27 heavy (non-hydrogen) atoms. The summed E-state index contributed by atoms with van der Waals surface area (Å²) in [5.74, 6) is -1.36. The fourth-order valence-corrected chi connectivity index (χ4v) is 3.08. The minimum Gasteiger partial charge on any atom is -0.337 e. The molecule has 0 bridgehead atoms. The highest BCUT2D eigenvalue weighted by Crippen LogP contribution is 2.22. The molecule has 0 radical (unpaired) electrons. The van der Waals surface area contributed by atoms with E-state index >= 15 is 0 Å². The van der Waals surface area contributed by atoms with Gasteiger partial charge >= 0.3 is 11.8 Å². The number of nitrogens with one attached hydrogen (secondary N) is 2. The Morgan fingerprint density at radius 3 is 1.67 bits per heavy atom. The van der Waals surface area contributed by atoms with Crippen LogP contribution in [-0.4, -0.2) is 11.8 Å². The third-order valence-electron chi connectivity index (χ3n) is 4.23. The molecule has 4 nitrogen and oxygen atoms in total. The van der Waals surface area contributed by atoms with Gasteiger partial charge in [-0.15, -0.1) is 0 Å². The van der Waals surface area contributed by atoms with Crippen molar-refractivity contribution in [2.45, 2.75) is 19.9 Å². The normalized spacial score (nSPS) is 10.5. The predicted octanol–water partition coefficient (Wildman–Crippen LogP) is 4.15. The SMILES string of the molecule is Cc1cc(C)cc(NC(=O)C(=O)NC(c2ccccc2)c2ccccc2)c1. The summed E-state index contributed by atoms with van der Waals surface area (Å²) < 4.78 is 0. The van der Waals surface area contributed by atoms with E-state index < -0.39 is 17.9 Å². The van der Waals surface area contributed by atoms with Gasteiger partial charge in [0.2, 0.25) is 0 Å². The number of hydrogen-bond donors (Lipinski definition) is 2. The first-order valence-corrected chi connectivity index (χ1v) is 8.83. The lowest BCUT2D eigenvalue weighted by Crippen LogP contribution is -2.38. The molecule has 0 fully saturated rings. The van der Waals surface area contributed by atoms with Crippen LogP contribution in [0, 0.1) is 13.8 Å². The first kappa shape index (κ1) is 18.4. The number of carbonyl (C=O) groups is 2. The molecule has 0 spiro atoms. The molecular weight excluding hydrogens is 336 g/mol. The Morgan fingerprint density at radius 1 is 0.704 bits per heavy atom. The topological polar surface area (TPSA) is 58.2 Å². The molecule has 0 saturated carbocycles. The lowest BCUT2D eigenvalue weighted by Gasteiger charge is -2.19. The largest absolute Gasteiger partial charge is 0.337 e. The fourth-order valence-electron chi connectivity index (χ4n) is 3.08. The Hall–Kier alpha value is -3.40. The van der Waals surface area contributed by atoms with Crippen LogP contribution in [0.15, 0.2) is 78.9 Å². The molecule has 136 valence electrons. The van der Waals surface area contributed by atoms with E-state index in [4.69, 9.17) is 0 Å². The Morgan fingerprint density at radius 2 is 1.19 bits per heavy atom. The van der Waals surface area contributed by atoms with Gasteiger partial charge < -0.3 is 10.6 Å². The van der Waals surface area contributed by atoms with Crippen molar-refractivity contribution in [2.24, 2.45) is 0 Å². The van der Waals surface area contributed by atoms with Crippen LogP contribution in [0.25, 0.3) is 0 Å². The Bertz CT molecular complexity index is 877. The van der Waals surface area contributed by atoms with E-state index in [9.17, 15) is 9.59 Å². The number of rotatable bonds is 4. The van der Waals surface area contributed by atoms with Gasteiger partial charge in [-0.2, -0.15) is 0 Å². The summed E-state index contributed by atoms with van der Waals surface area (Å²) in [6.07, 6.45) is 0. The molecule has 0 aliphatic carbocycles. The molecule has 0 aromatic heterocycles. The number of carbonyl (C=O) groups excluding carboxylic acids is 2. The van der Waals surface area contributed by atoms with Gasteiger partial charge in [0.25, 0.3) is 0 Å². The van der Waals surface area contributed by atoms with Crippen LogP contribution < -0.4 is 10.6 Å². The molecule has 3 rings (SSSR count). The predicted molar refractivity (Wildman–Crippen MR) is 107 cm³/mol. The summed E-state index contributed by atoms with van der Waals surface area (Å²) in [6, 6.07) is 24.5. The number of benzene rings is 3. The van der Waals surface area contributed by atoms with Crippen LogP contribution in [0.5, 0.6) is 0 Å². The van der Waals surface area contributed by atoms with Crippen LogP contribution in [0.3, 0.4) is 0 Å². The standard InChI is InChI=1S/C23H22N2O2/c1-16-13-17(2)15-20(14-16)24-22(26)23(27)25-21(18-9-5-3-6-10-18)19-11-7-4-8-12-19/h3-15,21H,1-2H3,(H,24,26)(H,25,27). The first-order valence-electron chi connectivity index (χ1n) is 8.83. The van der Waals surface area contributed by atoms with Gasteiger partial charge in [-0.3, -0.25) is 9.59 Å². The summed E-state index contributed by atoms with van der Waals surface area (Å²) in [7, 11) is 0. The molecule has 0 unspecified atom stereocenters. The second-order valence-electron chi connectivity index (χ2n) is 6.56. The van der Waals surface area contributed by atoms with Crippen LogP contribution in [0.2, 0.25) is 0 Å². The highest BCUT2D eigenvalue weighted by Gasteiger charge is 2.21. The lowest BCUT2D eigenvalue weighted by atomic mass is 9.98. The van der Waals surface area contributed by atoms with E-state index in [1.54, 1.807) is 0 Å². The molecular formula is C23H22N2O2. The van der Waals surface area contributed by atoms with Crippen LogP contribution >= 0.6 is 0 Å². The van der Waals surface area contributed by atoms with Crippen LogP contribution in [0.1, 0.15) is 28.3 Å². The molecule has 3 aromatic carbocycles. The van der Waals surface area contributed by atoms with Crippen molar-refractivity contribution >= 4 is 17.5 Å². The van der Waals surface area contributed by atoms with Crippen molar-refractivity contribution < 1.29 is 9.59 Å². The van der Waals surface area contributed by atoms with E-state index in [0.717, 1.165) is 22.3 Å². The average molecular weight is 358 g/mol. The minimum atomic E-state index is -0.683. The second kappa shape index (κ2) is 8.32. The minimum absolute atomic E-state index is 0.398. The quantitative estimate of drug-likeness (QED) is 0.689. The maximum atomic E-state index is 12.6. The number of hydrogen-bond acceptors (Lipinski definition) is 2. The molecule has 2 N–H and O–H groups in total. The Balaban J connectivity index is 1.79. The van der Waals surface area contributed by atoms with E-state index in [0.29, 0.717) is 5.69 Å². The maximum absolute atomic E-state index is 12.6. The molecule has 0 aliphatic heterocycles. The second-order valence-corrected chi connectivity index (χ2v) is 6.56. The van der Waals surface area contributed by atoms with E-state index in [1.165, 1.54) is 0 Å². The molecule has 4 heteroatoms. The van der Waals surface area contributed by atoms with Gasteiger partial charge in [-0.25, -0.2) is 0 Å². The number of amides is 2. The highest BCUT2D eigenvalue weighted by atomic mass is 16.2. The molecule has 3 aromatic rings. The molecule has 0 aliphatic rings. The van der Waals surface area contributed by atoms with Crippen molar-refractivity contribution in [3.05, 3.63) is 101 Å². The zero-order valence-corrected chi connectivity index (χ0v) is 15.4. The fraction of sp³-hybridized carbons (Fsp3) is 0.130. The molecule has 0 saturated heterocycles. The Labute approximate surface area is 159 Å². The third-order valence-corrected chi connectivity index (χ3v) is 4.23. The molecule has 0 atom stereocenters. The summed E-state index contributed by atoms with van der Waals surface area (Å²) in [5.41, 5.74) is 4.49. The van der Waals surface area contributed by atoms with Crippen molar-refractivity contribution in [2.75, 3.05) is 5.32 Å². The lowest BCUT2D eigenvalue weighted by molar-refractivity contribution is -0.136. The molecule has 2 amide bonds. The monoisotopic (exact) mass is 358 g/mol. The van der Waals surface area contributed by atoms with Gasteiger partial charge in [0.05, 0.1) is 6.04 Å². The van der Waals surface area contributed by atoms with E-state index in [-0.39, 0.29) is 0 Å². The highest BCUT2D eigenvalue weighted by molar-refractivity contribution is 6.39. The Kier molecular flexibility index (Phi) is 5.67. The zero-order valence-electron chi connectivity index (χ0n) is 15.4. The van der Waals surface area contributed by atoms with Crippen molar-refractivity contribution in [1.82, 2.24) is 5.32 Å². The summed E-state index contributed by atoms with van der Waals surface area (Å²) in [4.78, 5) is 25.0. The van der Waals surface area contributed by atoms with E-state index in [2.05, 4.69) is 10.6 Å². The number of anilines is 1. The van der Waals surface area contributed by atoms with Crippen LogP contribution in [0.4, 0.5) is 5.69 Å². The van der Waals surface area contributed by atoms with Crippen LogP contribution in [-0.2, 0) is 9.59 Å². The van der Waals surface area contributed by atoms with Gasteiger partial charge in [0.1, 0.15) is 0 Å². The van der Waals surface area contributed by atoms with Gasteiger partial charge in [0, 0.05) is 5.69 Å². The van der Waals surface area contributed by atoms with E-state index in [1.807, 2.05) is 92.7 Å². The third kappa shape index (κ3) is 4.82. The van der Waals surface area contributed by atoms with Gasteiger partial charge in [-0.1, -0.05) is 66.7 Å². The van der Waals surface area contributed by atoms with Crippen molar-refractivity contribution in [1.29, 1.82) is 0 Å². The van der Waals surface area contributed by atoms with Crippen molar-refractivity contribution in [3.63, 3.8) is 0 Å². The maximum Gasteiger partial charge on any atom is 0.313 e. The molecule has 0 heterocycles. The average Bonchev–Trinajstić information content (AvgIpc) is 2.66.